The van der Waals surface area contributed by atoms with E-state index in [1.165, 1.54) is 6.07 Å². The van der Waals surface area contributed by atoms with Gasteiger partial charge in [-0.25, -0.2) is 0 Å². The number of nitrogens with zero attached hydrogens (tertiary/aromatic N) is 1. The molecule has 0 spiro atoms. The molecule has 0 unspecified atom stereocenters. The predicted molar refractivity (Wildman–Crippen MR) is 66.2 cm³/mol. The van der Waals surface area contributed by atoms with E-state index in [-0.39, 0.29) is 12.3 Å². The van der Waals surface area contributed by atoms with Crippen molar-refractivity contribution in [2.45, 2.75) is 17.9 Å². The summed E-state index contributed by atoms with van der Waals surface area (Å²) in [6.45, 7) is 0.385. The summed E-state index contributed by atoms with van der Waals surface area (Å²) in [5.74, 6) is 0.885. The fourth-order valence-corrected chi connectivity index (χ4v) is 2.24. The maximum Gasteiger partial charge on any atom is 0.274 e. The van der Waals surface area contributed by atoms with Crippen LogP contribution in [0.25, 0.3) is 0 Å². The molecule has 0 amide bonds. The predicted octanol–water partition coefficient (Wildman–Crippen LogP) is 2.22. The molecule has 6 heteroatoms. The van der Waals surface area contributed by atoms with Crippen molar-refractivity contribution >= 4 is 17.4 Å². The molecule has 0 atom stereocenters. The monoisotopic (exact) mass is 257 g/mol. The molecular weight excluding hydrogens is 242 g/mol. The molecule has 1 N–H and O–H groups in total. The minimum Gasteiger partial charge on any atom is -0.391 e. The maximum absolute atomic E-state index is 10.7. The quantitative estimate of drug-likeness (QED) is 0.351. The molecule has 0 aliphatic carbocycles. The number of nitro benzene ring substituents is 1. The Balaban J connectivity index is 2.66. The summed E-state index contributed by atoms with van der Waals surface area (Å²) in [5.41, 5.74) is 0.320. The Labute approximate surface area is 104 Å². The largest absolute Gasteiger partial charge is 0.391 e. The van der Waals surface area contributed by atoms with Gasteiger partial charge >= 0.3 is 0 Å². The van der Waals surface area contributed by atoms with Crippen LogP contribution in [0.1, 0.15) is 12.0 Å². The molecule has 1 aromatic carbocycles. The van der Waals surface area contributed by atoms with Gasteiger partial charge in [0, 0.05) is 30.4 Å². The normalized spacial score (nSPS) is 10.5. The molecule has 0 radical (unpaired) electrons. The molecule has 0 bridgehead atoms. The van der Waals surface area contributed by atoms with Gasteiger partial charge in [0.05, 0.1) is 17.1 Å². The van der Waals surface area contributed by atoms with Gasteiger partial charge in [-0.3, -0.25) is 10.1 Å². The lowest BCUT2D eigenvalue weighted by molar-refractivity contribution is -0.385. The molecule has 0 saturated carbocycles. The van der Waals surface area contributed by atoms with E-state index >= 15 is 0 Å². The summed E-state index contributed by atoms with van der Waals surface area (Å²) >= 11 is 1.60. The summed E-state index contributed by atoms with van der Waals surface area (Å²) in [6.07, 6.45) is 0.923. The highest BCUT2D eigenvalue weighted by Crippen LogP contribution is 2.26. The number of rotatable bonds is 7. The Bertz CT molecular complexity index is 384. The zero-order valence-electron chi connectivity index (χ0n) is 9.59. The number of hydrogen-bond acceptors (Lipinski definition) is 5. The molecule has 0 fully saturated rings. The third-order valence-corrected chi connectivity index (χ3v) is 3.26. The highest BCUT2D eigenvalue weighted by atomic mass is 32.2. The van der Waals surface area contributed by atoms with Crippen molar-refractivity contribution in [1.82, 2.24) is 0 Å². The van der Waals surface area contributed by atoms with Crippen molar-refractivity contribution in [2.24, 2.45) is 0 Å². The Morgan fingerprint density at radius 3 is 2.88 bits per heavy atom. The first-order valence-electron chi connectivity index (χ1n) is 5.19. The van der Waals surface area contributed by atoms with Crippen molar-refractivity contribution in [3.8, 4) is 0 Å². The van der Waals surface area contributed by atoms with Crippen LogP contribution < -0.4 is 0 Å². The highest BCUT2D eigenvalue weighted by Gasteiger charge is 2.13. The second-order valence-electron chi connectivity index (χ2n) is 3.40. The zero-order valence-corrected chi connectivity index (χ0v) is 10.4. The van der Waals surface area contributed by atoms with Crippen LogP contribution in [0.15, 0.2) is 23.1 Å². The van der Waals surface area contributed by atoms with Gasteiger partial charge in [0.2, 0.25) is 0 Å². The Hall–Kier alpha value is -1.11. The van der Waals surface area contributed by atoms with Gasteiger partial charge < -0.3 is 9.84 Å². The molecule has 94 valence electrons. The lowest BCUT2D eigenvalue weighted by atomic mass is 10.2. The SMILES string of the molecule is COCCCSc1ccc([N+](=O)[O-])c(CO)c1. The first kappa shape index (κ1) is 14.0. The smallest absolute Gasteiger partial charge is 0.274 e. The number of methoxy groups -OCH3 is 1. The van der Waals surface area contributed by atoms with Crippen LogP contribution in [-0.4, -0.2) is 29.5 Å². The van der Waals surface area contributed by atoms with E-state index in [4.69, 9.17) is 9.84 Å². The van der Waals surface area contributed by atoms with Crippen LogP contribution in [0.2, 0.25) is 0 Å². The van der Waals surface area contributed by atoms with E-state index < -0.39 is 4.92 Å². The summed E-state index contributed by atoms with van der Waals surface area (Å²) in [6, 6.07) is 4.80. The molecule has 0 aliphatic heterocycles. The Kier molecular flexibility index (Phi) is 5.96. The topological polar surface area (TPSA) is 72.6 Å². The van der Waals surface area contributed by atoms with Crippen LogP contribution >= 0.6 is 11.8 Å². The van der Waals surface area contributed by atoms with E-state index in [0.29, 0.717) is 12.2 Å². The van der Waals surface area contributed by atoms with Gasteiger partial charge in [0.1, 0.15) is 0 Å². The molecule has 0 saturated heterocycles. The summed E-state index contributed by atoms with van der Waals surface area (Å²) in [7, 11) is 1.65. The molecule has 17 heavy (non-hydrogen) atoms. The lowest BCUT2D eigenvalue weighted by Gasteiger charge is -2.04. The van der Waals surface area contributed by atoms with Crippen LogP contribution in [0.3, 0.4) is 0 Å². The summed E-state index contributed by atoms with van der Waals surface area (Å²) in [4.78, 5) is 11.1. The first-order chi connectivity index (χ1) is 8.19. The standard InChI is InChI=1S/C11H15NO4S/c1-16-5-2-6-17-10-3-4-11(12(14)15)9(7-10)8-13/h3-4,7,13H,2,5-6,8H2,1H3. The molecule has 1 aromatic rings. The molecule has 0 aromatic heterocycles. The third kappa shape index (κ3) is 4.33. The van der Waals surface area contributed by atoms with E-state index in [1.807, 2.05) is 0 Å². The second-order valence-corrected chi connectivity index (χ2v) is 4.57. The van der Waals surface area contributed by atoms with Crippen molar-refractivity contribution in [3.05, 3.63) is 33.9 Å². The molecule has 0 aliphatic rings. The lowest BCUT2D eigenvalue weighted by Crippen LogP contribution is -1.96. The minimum atomic E-state index is -0.481. The van der Waals surface area contributed by atoms with Crippen LogP contribution in [0.5, 0.6) is 0 Å². The van der Waals surface area contributed by atoms with E-state index in [9.17, 15) is 10.1 Å². The number of thioether (sulfide) groups is 1. The molecular formula is C11H15NO4S. The first-order valence-corrected chi connectivity index (χ1v) is 6.17. The fraction of sp³-hybridized carbons (Fsp3) is 0.455. The van der Waals surface area contributed by atoms with E-state index in [1.54, 1.807) is 31.0 Å². The number of aliphatic hydroxyl groups is 1. The van der Waals surface area contributed by atoms with Gasteiger partial charge in [-0.05, 0) is 18.6 Å². The zero-order chi connectivity index (χ0) is 12.7. The minimum absolute atomic E-state index is 0.0336. The van der Waals surface area contributed by atoms with Gasteiger partial charge in [0.15, 0.2) is 0 Å². The van der Waals surface area contributed by atoms with Gasteiger partial charge in [0.25, 0.3) is 5.69 Å². The van der Waals surface area contributed by atoms with E-state index in [0.717, 1.165) is 17.1 Å². The number of hydrogen-bond donors (Lipinski definition) is 1. The average Bonchev–Trinajstić information content (AvgIpc) is 2.34. The molecule has 0 heterocycles. The molecule has 5 nitrogen and oxygen atoms in total. The van der Waals surface area contributed by atoms with Crippen LogP contribution in [0.4, 0.5) is 5.69 Å². The van der Waals surface area contributed by atoms with Crippen molar-refractivity contribution < 1.29 is 14.8 Å². The van der Waals surface area contributed by atoms with Crippen molar-refractivity contribution in [2.75, 3.05) is 19.5 Å². The molecule has 1 rings (SSSR count). The van der Waals surface area contributed by atoms with Gasteiger partial charge in [-0.1, -0.05) is 0 Å². The highest BCUT2D eigenvalue weighted by molar-refractivity contribution is 7.99. The maximum atomic E-state index is 10.7. The Morgan fingerprint density at radius 2 is 2.29 bits per heavy atom. The van der Waals surface area contributed by atoms with Crippen LogP contribution in [0, 0.1) is 10.1 Å². The van der Waals surface area contributed by atoms with Gasteiger partial charge in [-0.2, -0.15) is 0 Å². The number of ether oxygens (including phenoxy) is 1. The number of nitro groups is 1. The van der Waals surface area contributed by atoms with Gasteiger partial charge in [-0.15, -0.1) is 11.8 Å². The third-order valence-electron chi connectivity index (χ3n) is 2.18. The second kappa shape index (κ2) is 7.26. The number of aliphatic hydroxyl groups excluding tert-OH is 1. The summed E-state index contributed by atoms with van der Waals surface area (Å²) in [5, 5.41) is 19.7. The van der Waals surface area contributed by atoms with Crippen LogP contribution in [-0.2, 0) is 11.3 Å². The summed E-state index contributed by atoms with van der Waals surface area (Å²) < 4.78 is 4.93. The fourth-order valence-electron chi connectivity index (χ4n) is 1.35. The Morgan fingerprint density at radius 1 is 1.53 bits per heavy atom. The van der Waals surface area contributed by atoms with Crippen molar-refractivity contribution in [1.29, 1.82) is 0 Å². The average molecular weight is 257 g/mol. The van der Waals surface area contributed by atoms with E-state index in [2.05, 4.69) is 0 Å². The van der Waals surface area contributed by atoms with Crippen molar-refractivity contribution in [3.63, 3.8) is 0 Å². The number of benzene rings is 1.